The zero-order valence-corrected chi connectivity index (χ0v) is 8.24. The van der Waals surface area contributed by atoms with Gasteiger partial charge in [-0.15, -0.1) is 0 Å². The lowest BCUT2D eigenvalue weighted by Gasteiger charge is -2.09. The molecule has 0 spiro atoms. The maximum Gasteiger partial charge on any atom is 0.121 e. The standard InChI is InChI=1S/C8H10BrNO2/c1-10(12)5-6-2-3-7(9)4-8(6)11/h2-4,11-12H,5H2,1H3. The summed E-state index contributed by atoms with van der Waals surface area (Å²) >= 11 is 3.23. The van der Waals surface area contributed by atoms with E-state index in [9.17, 15) is 5.11 Å². The summed E-state index contributed by atoms with van der Waals surface area (Å²) in [5, 5.41) is 19.3. The largest absolute Gasteiger partial charge is 0.508 e. The predicted octanol–water partition coefficient (Wildman–Crippen LogP) is 1.98. The molecular weight excluding hydrogens is 222 g/mol. The summed E-state index contributed by atoms with van der Waals surface area (Å²) in [7, 11) is 1.53. The van der Waals surface area contributed by atoms with Gasteiger partial charge in [-0.05, 0) is 12.1 Å². The fourth-order valence-electron chi connectivity index (χ4n) is 0.917. The van der Waals surface area contributed by atoms with Crippen LogP contribution >= 0.6 is 15.9 Å². The van der Waals surface area contributed by atoms with Crippen molar-refractivity contribution in [3.8, 4) is 5.75 Å². The molecule has 2 N–H and O–H groups in total. The van der Waals surface area contributed by atoms with Crippen LogP contribution in [0.25, 0.3) is 0 Å². The van der Waals surface area contributed by atoms with Crippen LogP contribution in [0.5, 0.6) is 5.75 Å². The zero-order valence-electron chi connectivity index (χ0n) is 6.66. The molecule has 0 bridgehead atoms. The number of hydrogen-bond acceptors (Lipinski definition) is 3. The molecule has 3 nitrogen and oxygen atoms in total. The second-order valence-corrected chi connectivity index (χ2v) is 3.50. The van der Waals surface area contributed by atoms with Gasteiger partial charge in [0, 0.05) is 17.1 Å². The smallest absolute Gasteiger partial charge is 0.121 e. The highest BCUT2D eigenvalue weighted by molar-refractivity contribution is 9.10. The lowest BCUT2D eigenvalue weighted by molar-refractivity contribution is -0.0735. The fourth-order valence-corrected chi connectivity index (χ4v) is 1.27. The van der Waals surface area contributed by atoms with Crippen molar-refractivity contribution in [1.29, 1.82) is 0 Å². The third-order valence-electron chi connectivity index (χ3n) is 1.45. The first kappa shape index (κ1) is 9.51. The molecule has 0 saturated heterocycles. The maximum absolute atomic E-state index is 9.37. The monoisotopic (exact) mass is 231 g/mol. The van der Waals surface area contributed by atoms with Crippen LogP contribution in [-0.2, 0) is 6.54 Å². The minimum absolute atomic E-state index is 0.185. The Morgan fingerprint density at radius 3 is 2.67 bits per heavy atom. The lowest BCUT2D eigenvalue weighted by atomic mass is 10.2. The summed E-state index contributed by atoms with van der Waals surface area (Å²) in [5.74, 6) is 0.185. The number of benzene rings is 1. The van der Waals surface area contributed by atoms with Crippen LogP contribution in [-0.4, -0.2) is 22.4 Å². The van der Waals surface area contributed by atoms with E-state index in [0.29, 0.717) is 12.1 Å². The normalized spacial score (nSPS) is 10.7. The Kier molecular flexibility index (Phi) is 3.08. The van der Waals surface area contributed by atoms with E-state index in [4.69, 9.17) is 5.21 Å². The summed E-state index contributed by atoms with van der Waals surface area (Å²) in [6, 6.07) is 5.17. The van der Waals surface area contributed by atoms with Gasteiger partial charge >= 0.3 is 0 Å². The van der Waals surface area contributed by atoms with Crippen molar-refractivity contribution in [2.75, 3.05) is 7.05 Å². The first-order chi connectivity index (χ1) is 5.59. The molecule has 1 aromatic carbocycles. The third kappa shape index (κ3) is 2.48. The van der Waals surface area contributed by atoms with Crippen molar-refractivity contribution in [1.82, 2.24) is 5.06 Å². The fraction of sp³-hybridized carbons (Fsp3) is 0.250. The van der Waals surface area contributed by atoms with Crippen LogP contribution in [0, 0.1) is 0 Å². The Labute approximate surface area is 79.3 Å². The zero-order chi connectivity index (χ0) is 9.14. The van der Waals surface area contributed by atoms with E-state index < -0.39 is 0 Å². The number of halogens is 1. The average Bonchev–Trinajstić information content (AvgIpc) is 1.94. The van der Waals surface area contributed by atoms with Crippen LogP contribution in [0.15, 0.2) is 22.7 Å². The molecule has 1 rings (SSSR count). The van der Waals surface area contributed by atoms with Gasteiger partial charge in [0.15, 0.2) is 0 Å². The van der Waals surface area contributed by atoms with Crippen LogP contribution in [0.2, 0.25) is 0 Å². The third-order valence-corrected chi connectivity index (χ3v) is 1.94. The van der Waals surface area contributed by atoms with Crippen molar-refractivity contribution in [3.63, 3.8) is 0 Å². The van der Waals surface area contributed by atoms with Crippen molar-refractivity contribution >= 4 is 15.9 Å². The summed E-state index contributed by atoms with van der Waals surface area (Å²) in [4.78, 5) is 0. The number of phenols is 1. The molecule has 0 saturated carbocycles. The topological polar surface area (TPSA) is 43.7 Å². The molecule has 4 heteroatoms. The van der Waals surface area contributed by atoms with Gasteiger partial charge in [0.25, 0.3) is 0 Å². The van der Waals surface area contributed by atoms with Gasteiger partial charge in [0.2, 0.25) is 0 Å². The molecule has 0 atom stereocenters. The number of hydrogen-bond donors (Lipinski definition) is 2. The van der Waals surface area contributed by atoms with Crippen LogP contribution in [0.3, 0.4) is 0 Å². The van der Waals surface area contributed by atoms with E-state index in [1.54, 1.807) is 12.1 Å². The first-order valence-corrected chi connectivity index (χ1v) is 4.26. The van der Waals surface area contributed by atoms with E-state index >= 15 is 0 Å². The molecule has 0 amide bonds. The number of aromatic hydroxyl groups is 1. The Bertz CT molecular complexity index is 276. The van der Waals surface area contributed by atoms with Crippen LogP contribution in [0.4, 0.5) is 0 Å². The van der Waals surface area contributed by atoms with Gasteiger partial charge in [-0.3, -0.25) is 0 Å². The molecule has 12 heavy (non-hydrogen) atoms. The molecular formula is C8H10BrNO2. The van der Waals surface area contributed by atoms with Gasteiger partial charge in [-0.25, -0.2) is 0 Å². The Morgan fingerprint density at radius 2 is 2.17 bits per heavy atom. The molecule has 0 aromatic heterocycles. The Hall–Kier alpha value is -0.580. The average molecular weight is 232 g/mol. The molecule has 0 aliphatic heterocycles. The minimum Gasteiger partial charge on any atom is -0.508 e. The molecule has 0 aliphatic carbocycles. The molecule has 0 heterocycles. The second-order valence-electron chi connectivity index (χ2n) is 2.59. The summed E-state index contributed by atoms with van der Waals surface area (Å²) in [5.41, 5.74) is 0.697. The van der Waals surface area contributed by atoms with Crippen LogP contribution in [0.1, 0.15) is 5.56 Å². The molecule has 0 radical (unpaired) electrons. The molecule has 0 aliphatic rings. The van der Waals surface area contributed by atoms with Gasteiger partial charge in [0.05, 0.1) is 6.54 Å². The number of rotatable bonds is 2. The molecule has 1 aromatic rings. The maximum atomic E-state index is 9.37. The summed E-state index contributed by atoms with van der Waals surface area (Å²) in [6.07, 6.45) is 0. The van der Waals surface area contributed by atoms with Crippen LogP contribution < -0.4 is 0 Å². The highest BCUT2D eigenvalue weighted by Crippen LogP contribution is 2.22. The first-order valence-electron chi connectivity index (χ1n) is 3.47. The number of nitrogens with zero attached hydrogens (tertiary/aromatic N) is 1. The lowest BCUT2D eigenvalue weighted by Crippen LogP contribution is -2.11. The predicted molar refractivity (Wildman–Crippen MR) is 49.1 cm³/mol. The van der Waals surface area contributed by atoms with Gasteiger partial charge in [0.1, 0.15) is 5.75 Å². The highest BCUT2D eigenvalue weighted by atomic mass is 79.9. The SMILES string of the molecule is CN(O)Cc1ccc(Br)cc1O. The number of hydroxylamine groups is 2. The van der Waals surface area contributed by atoms with Crippen molar-refractivity contribution in [3.05, 3.63) is 28.2 Å². The Balaban J connectivity index is 2.86. The highest BCUT2D eigenvalue weighted by Gasteiger charge is 2.02. The van der Waals surface area contributed by atoms with E-state index in [-0.39, 0.29) is 5.75 Å². The quantitative estimate of drug-likeness (QED) is 0.766. The van der Waals surface area contributed by atoms with Gasteiger partial charge in [-0.2, -0.15) is 5.06 Å². The van der Waals surface area contributed by atoms with Crippen molar-refractivity contribution in [2.45, 2.75) is 6.54 Å². The summed E-state index contributed by atoms with van der Waals surface area (Å²) < 4.78 is 0.823. The van der Waals surface area contributed by atoms with Crippen molar-refractivity contribution in [2.24, 2.45) is 0 Å². The second kappa shape index (κ2) is 3.89. The number of phenolic OH excluding ortho intramolecular Hbond substituents is 1. The van der Waals surface area contributed by atoms with Gasteiger partial charge < -0.3 is 10.3 Å². The van der Waals surface area contributed by atoms with Crippen molar-refractivity contribution < 1.29 is 10.3 Å². The van der Waals surface area contributed by atoms with E-state index in [2.05, 4.69) is 15.9 Å². The Morgan fingerprint density at radius 1 is 1.50 bits per heavy atom. The van der Waals surface area contributed by atoms with E-state index in [1.807, 2.05) is 6.07 Å². The molecule has 0 unspecified atom stereocenters. The molecule has 66 valence electrons. The van der Waals surface area contributed by atoms with E-state index in [0.717, 1.165) is 9.54 Å². The molecule has 0 fully saturated rings. The van der Waals surface area contributed by atoms with Gasteiger partial charge in [-0.1, -0.05) is 22.0 Å². The summed E-state index contributed by atoms with van der Waals surface area (Å²) in [6.45, 7) is 0.319. The van der Waals surface area contributed by atoms with E-state index in [1.165, 1.54) is 7.05 Å². The minimum atomic E-state index is 0.185.